The smallest absolute Gasteiger partial charge is 0.234 e. The molecule has 0 fully saturated rings. The second-order valence-electron chi connectivity index (χ2n) is 5.48. The van der Waals surface area contributed by atoms with Crippen LogP contribution in [0.3, 0.4) is 0 Å². The van der Waals surface area contributed by atoms with Crippen LogP contribution in [-0.2, 0) is 4.79 Å². The van der Waals surface area contributed by atoms with Crippen LogP contribution in [0.25, 0.3) is 0 Å². The Morgan fingerprint density at radius 3 is 2.48 bits per heavy atom. The lowest BCUT2D eigenvalue weighted by Gasteiger charge is -2.13. The molecule has 0 saturated heterocycles. The summed E-state index contributed by atoms with van der Waals surface area (Å²) in [5.74, 6) is 1.63. The molecule has 0 radical (unpaired) electrons. The van der Waals surface area contributed by atoms with E-state index < -0.39 is 0 Å². The third-order valence-corrected chi connectivity index (χ3v) is 4.37. The predicted octanol–water partition coefficient (Wildman–Crippen LogP) is 4.94. The molecule has 0 unspecified atom stereocenters. The Labute approximate surface area is 142 Å². The van der Waals surface area contributed by atoms with Gasteiger partial charge in [-0.2, -0.15) is 0 Å². The molecule has 4 heteroatoms. The Bertz CT molecular complexity index is 638. The van der Waals surface area contributed by atoms with Crippen LogP contribution in [0, 0.1) is 0 Å². The van der Waals surface area contributed by atoms with Crippen molar-refractivity contribution in [3.8, 4) is 5.75 Å². The maximum absolute atomic E-state index is 12.2. The van der Waals surface area contributed by atoms with Crippen LogP contribution in [0.4, 0.5) is 5.69 Å². The topological polar surface area (TPSA) is 38.3 Å². The molecule has 23 heavy (non-hydrogen) atoms. The number of hydrogen-bond acceptors (Lipinski definition) is 3. The van der Waals surface area contributed by atoms with Crippen LogP contribution in [-0.4, -0.2) is 18.3 Å². The van der Waals surface area contributed by atoms with E-state index in [1.54, 1.807) is 0 Å². The lowest BCUT2D eigenvalue weighted by Crippen LogP contribution is -2.15. The molecule has 3 nitrogen and oxygen atoms in total. The summed E-state index contributed by atoms with van der Waals surface area (Å²) in [5, 5.41) is 3.01. The Kier molecular flexibility index (Phi) is 6.53. The van der Waals surface area contributed by atoms with Gasteiger partial charge in [0, 0.05) is 10.6 Å². The van der Waals surface area contributed by atoms with Gasteiger partial charge in [0.15, 0.2) is 0 Å². The molecule has 2 rings (SSSR count). The predicted molar refractivity (Wildman–Crippen MR) is 97.5 cm³/mol. The number of carbonyl (C=O) groups excluding carboxylic acids is 1. The summed E-state index contributed by atoms with van der Waals surface area (Å²) in [6.45, 7) is 6.87. The minimum Gasteiger partial charge on any atom is -0.494 e. The molecule has 2 aromatic carbocycles. The van der Waals surface area contributed by atoms with Crippen LogP contribution in [0.5, 0.6) is 5.75 Å². The van der Waals surface area contributed by atoms with E-state index in [0.29, 0.717) is 18.3 Å². The molecule has 2 aromatic rings. The number of amides is 1. The highest BCUT2D eigenvalue weighted by Gasteiger charge is 2.09. The van der Waals surface area contributed by atoms with Gasteiger partial charge in [-0.25, -0.2) is 0 Å². The quantitative estimate of drug-likeness (QED) is 0.731. The second-order valence-corrected chi connectivity index (χ2v) is 6.53. The van der Waals surface area contributed by atoms with Gasteiger partial charge in [0.1, 0.15) is 5.75 Å². The molecule has 0 aliphatic heterocycles. The Hall–Kier alpha value is -1.94. The molecule has 0 bridgehead atoms. The van der Waals surface area contributed by atoms with Gasteiger partial charge in [-0.3, -0.25) is 4.79 Å². The molecule has 0 spiro atoms. The van der Waals surface area contributed by atoms with Gasteiger partial charge >= 0.3 is 0 Å². The first-order chi connectivity index (χ1) is 11.1. The van der Waals surface area contributed by atoms with E-state index in [1.807, 2.05) is 49.4 Å². The lowest BCUT2D eigenvalue weighted by atomic mass is 10.0. The molecule has 0 aliphatic carbocycles. The first kappa shape index (κ1) is 17.4. The summed E-state index contributed by atoms with van der Waals surface area (Å²) in [4.78, 5) is 13.2. The van der Waals surface area contributed by atoms with Crippen molar-refractivity contribution in [2.24, 2.45) is 0 Å². The maximum Gasteiger partial charge on any atom is 0.234 e. The normalized spacial score (nSPS) is 10.6. The lowest BCUT2D eigenvalue weighted by molar-refractivity contribution is -0.113. The van der Waals surface area contributed by atoms with Crippen molar-refractivity contribution in [1.82, 2.24) is 0 Å². The fourth-order valence-corrected chi connectivity index (χ4v) is 2.95. The fourth-order valence-electron chi connectivity index (χ4n) is 2.25. The molecule has 0 aliphatic rings. The van der Waals surface area contributed by atoms with Gasteiger partial charge in [-0.1, -0.05) is 32.0 Å². The number of anilines is 1. The van der Waals surface area contributed by atoms with Crippen molar-refractivity contribution in [3.05, 3.63) is 54.1 Å². The van der Waals surface area contributed by atoms with E-state index in [1.165, 1.54) is 11.8 Å². The van der Waals surface area contributed by atoms with Crippen LogP contribution in [0.1, 0.15) is 32.3 Å². The van der Waals surface area contributed by atoms with Crippen LogP contribution in [0.2, 0.25) is 0 Å². The molecule has 1 amide bonds. The highest BCUT2D eigenvalue weighted by molar-refractivity contribution is 8.00. The standard InChI is InChI=1S/C19H23NO2S/c1-4-22-15-9-11-16(12-10-15)23-13-19(21)20-18-8-6-5-7-17(18)14(2)3/h5-12,14H,4,13H2,1-3H3,(H,20,21). The molecule has 1 N–H and O–H groups in total. The minimum atomic E-state index is 0.0111. The van der Waals surface area contributed by atoms with E-state index in [2.05, 4.69) is 25.2 Å². The Balaban J connectivity index is 1.90. The number of benzene rings is 2. The van der Waals surface area contributed by atoms with E-state index >= 15 is 0 Å². The molecule has 0 heterocycles. The zero-order chi connectivity index (χ0) is 16.7. The first-order valence-corrected chi connectivity index (χ1v) is 8.83. The van der Waals surface area contributed by atoms with Crippen LogP contribution < -0.4 is 10.1 Å². The third-order valence-electron chi connectivity index (χ3n) is 3.36. The maximum atomic E-state index is 12.2. The van der Waals surface area contributed by atoms with E-state index in [4.69, 9.17) is 4.74 Å². The van der Waals surface area contributed by atoms with Gasteiger partial charge in [0.05, 0.1) is 12.4 Å². The van der Waals surface area contributed by atoms with Gasteiger partial charge < -0.3 is 10.1 Å². The molecular formula is C19H23NO2S. The SMILES string of the molecule is CCOc1ccc(SCC(=O)Nc2ccccc2C(C)C)cc1. The van der Waals surface area contributed by atoms with E-state index in [-0.39, 0.29) is 5.91 Å². The van der Waals surface area contributed by atoms with Crippen molar-refractivity contribution >= 4 is 23.4 Å². The van der Waals surface area contributed by atoms with Crippen molar-refractivity contribution in [1.29, 1.82) is 0 Å². The summed E-state index contributed by atoms with van der Waals surface area (Å²) < 4.78 is 5.41. The average molecular weight is 329 g/mol. The van der Waals surface area contributed by atoms with Crippen molar-refractivity contribution in [2.75, 3.05) is 17.7 Å². The largest absolute Gasteiger partial charge is 0.494 e. The third kappa shape index (κ3) is 5.32. The van der Waals surface area contributed by atoms with Crippen molar-refractivity contribution in [2.45, 2.75) is 31.6 Å². The monoisotopic (exact) mass is 329 g/mol. The second kappa shape index (κ2) is 8.63. The van der Waals surface area contributed by atoms with Crippen molar-refractivity contribution < 1.29 is 9.53 Å². The summed E-state index contributed by atoms with van der Waals surface area (Å²) in [7, 11) is 0. The molecule has 0 atom stereocenters. The van der Waals surface area contributed by atoms with Gasteiger partial charge in [-0.15, -0.1) is 11.8 Å². The van der Waals surface area contributed by atoms with Gasteiger partial charge in [0.2, 0.25) is 5.91 Å². The Morgan fingerprint density at radius 2 is 1.83 bits per heavy atom. The number of nitrogens with one attached hydrogen (secondary N) is 1. The first-order valence-electron chi connectivity index (χ1n) is 7.84. The Morgan fingerprint density at radius 1 is 1.13 bits per heavy atom. The molecule has 0 aromatic heterocycles. The van der Waals surface area contributed by atoms with Gasteiger partial charge in [0.25, 0.3) is 0 Å². The number of para-hydroxylation sites is 1. The minimum absolute atomic E-state index is 0.0111. The highest BCUT2D eigenvalue weighted by Crippen LogP contribution is 2.25. The highest BCUT2D eigenvalue weighted by atomic mass is 32.2. The van der Waals surface area contributed by atoms with E-state index in [0.717, 1.165) is 21.9 Å². The summed E-state index contributed by atoms with van der Waals surface area (Å²) in [6.07, 6.45) is 0. The number of hydrogen-bond donors (Lipinski definition) is 1. The number of rotatable bonds is 7. The summed E-state index contributed by atoms with van der Waals surface area (Å²) in [6, 6.07) is 15.8. The molecule has 0 saturated carbocycles. The zero-order valence-corrected chi connectivity index (χ0v) is 14.7. The number of carbonyl (C=O) groups is 1. The van der Waals surface area contributed by atoms with E-state index in [9.17, 15) is 4.79 Å². The van der Waals surface area contributed by atoms with Gasteiger partial charge in [-0.05, 0) is 48.7 Å². The van der Waals surface area contributed by atoms with Crippen LogP contribution >= 0.6 is 11.8 Å². The van der Waals surface area contributed by atoms with Crippen molar-refractivity contribution in [3.63, 3.8) is 0 Å². The fraction of sp³-hybridized carbons (Fsp3) is 0.316. The summed E-state index contributed by atoms with van der Waals surface area (Å²) >= 11 is 1.52. The summed E-state index contributed by atoms with van der Waals surface area (Å²) in [5.41, 5.74) is 2.06. The zero-order valence-electron chi connectivity index (χ0n) is 13.8. The molecule has 122 valence electrons. The number of thioether (sulfide) groups is 1. The van der Waals surface area contributed by atoms with Crippen LogP contribution in [0.15, 0.2) is 53.4 Å². The average Bonchev–Trinajstić information content (AvgIpc) is 2.55. The number of ether oxygens (including phenoxy) is 1. The molecular weight excluding hydrogens is 306 g/mol.